The third-order valence-electron chi connectivity index (χ3n) is 5.99. The fraction of sp³-hybridized carbons (Fsp3) is 0.409. The smallest absolute Gasteiger partial charge is 0.243 e. The maximum absolute atomic E-state index is 12.7. The van der Waals surface area contributed by atoms with Gasteiger partial charge < -0.3 is 4.90 Å². The highest BCUT2D eigenvalue weighted by Crippen LogP contribution is 2.25. The lowest BCUT2D eigenvalue weighted by Crippen LogP contribution is -2.50. The Labute approximate surface area is 183 Å². The zero-order valence-electron chi connectivity index (χ0n) is 17.2. The number of nitrogens with zero attached hydrogens (tertiary/aromatic N) is 2. The molecule has 1 heterocycles. The van der Waals surface area contributed by atoms with Crippen LogP contribution in [0.15, 0.2) is 58.3 Å². The van der Waals surface area contributed by atoms with E-state index in [1.54, 1.807) is 47.4 Å². The standard InChI is InChI=1S/C22H26N2O5S2/c25-22(11-16-30(26,27)21-10-9-18-5-4-6-19(18)17-21)23-12-14-24(15-13-23)31(28,29)20-7-2-1-3-8-20/h1-3,7-10,17H,4-6,11-16H2. The molecule has 1 fully saturated rings. The van der Waals surface area contributed by atoms with Crippen LogP contribution in [0.3, 0.4) is 0 Å². The van der Waals surface area contributed by atoms with Crippen molar-refractivity contribution in [3.8, 4) is 0 Å². The number of sulfonamides is 1. The first-order chi connectivity index (χ1) is 14.8. The van der Waals surface area contributed by atoms with Gasteiger partial charge in [-0.3, -0.25) is 4.79 Å². The zero-order chi connectivity index (χ0) is 22.1. The summed E-state index contributed by atoms with van der Waals surface area (Å²) in [4.78, 5) is 14.6. The average molecular weight is 463 g/mol. The molecule has 0 bridgehead atoms. The van der Waals surface area contributed by atoms with Crippen LogP contribution in [-0.2, 0) is 37.5 Å². The number of piperazine rings is 1. The van der Waals surface area contributed by atoms with Crippen LogP contribution in [0.25, 0.3) is 0 Å². The average Bonchev–Trinajstić information content (AvgIpc) is 3.26. The van der Waals surface area contributed by atoms with E-state index in [2.05, 4.69) is 0 Å². The molecule has 1 aliphatic carbocycles. The summed E-state index contributed by atoms with van der Waals surface area (Å²) in [5, 5.41) is 0. The first-order valence-electron chi connectivity index (χ1n) is 10.4. The summed E-state index contributed by atoms with van der Waals surface area (Å²) in [6, 6.07) is 13.5. The minimum atomic E-state index is -3.59. The molecule has 1 amide bonds. The molecule has 7 nitrogen and oxygen atoms in total. The van der Waals surface area contributed by atoms with E-state index in [-0.39, 0.29) is 54.1 Å². The van der Waals surface area contributed by atoms with E-state index in [0.717, 1.165) is 24.8 Å². The summed E-state index contributed by atoms with van der Waals surface area (Å²) in [6.45, 7) is 0.897. The predicted octanol–water partition coefficient (Wildman–Crippen LogP) is 1.87. The number of fused-ring (bicyclic) bond motifs is 1. The first kappa shape index (κ1) is 22.0. The van der Waals surface area contributed by atoms with Gasteiger partial charge in [0.2, 0.25) is 15.9 Å². The molecule has 4 rings (SSSR count). The molecule has 0 unspecified atom stereocenters. The normalized spacial score (nSPS) is 17.5. The maximum Gasteiger partial charge on any atom is 0.243 e. The van der Waals surface area contributed by atoms with E-state index in [0.29, 0.717) is 0 Å². The Kier molecular flexibility index (Phi) is 6.18. The number of aryl methyl sites for hydroxylation is 2. The van der Waals surface area contributed by atoms with E-state index in [4.69, 9.17) is 0 Å². The van der Waals surface area contributed by atoms with Gasteiger partial charge in [-0.1, -0.05) is 24.3 Å². The summed E-state index contributed by atoms with van der Waals surface area (Å²) in [5.74, 6) is -0.505. The molecule has 2 aliphatic rings. The van der Waals surface area contributed by atoms with Gasteiger partial charge in [-0.05, 0) is 54.7 Å². The van der Waals surface area contributed by atoms with Crippen LogP contribution in [0, 0.1) is 0 Å². The highest BCUT2D eigenvalue weighted by molar-refractivity contribution is 7.91. The van der Waals surface area contributed by atoms with Crippen LogP contribution in [0.5, 0.6) is 0 Å². The second kappa shape index (κ2) is 8.72. The number of carbonyl (C=O) groups is 1. The van der Waals surface area contributed by atoms with E-state index in [9.17, 15) is 21.6 Å². The molecule has 0 atom stereocenters. The van der Waals surface area contributed by atoms with Gasteiger partial charge in [0, 0.05) is 32.6 Å². The van der Waals surface area contributed by atoms with Gasteiger partial charge >= 0.3 is 0 Å². The van der Waals surface area contributed by atoms with Crippen molar-refractivity contribution in [2.45, 2.75) is 35.5 Å². The molecular formula is C22H26N2O5S2. The Bertz CT molecular complexity index is 1170. The molecule has 1 saturated heterocycles. The van der Waals surface area contributed by atoms with Gasteiger partial charge in [-0.25, -0.2) is 16.8 Å². The first-order valence-corrected chi connectivity index (χ1v) is 13.5. The van der Waals surface area contributed by atoms with Crippen molar-refractivity contribution in [2.24, 2.45) is 0 Å². The molecular weight excluding hydrogens is 436 g/mol. The van der Waals surface area contributed by atoms with Gasteiger partial charge in [0.1, 0.15) is 0 Å². The van der Waals surface area contributed by atoms with Crippen molar-refractivity contribution in [3.05, 3.63) is 59.7 Å². The Morgan fingerprint density at radius 3 is 2.19 bits per heavy atom. The van der Waals surface area contributed by atoms with Crippen molar-refractivity contribution >= 4 is 25.8 Å². The molecule has 2 aromatic rings. The monoisotopic (exact) mass is 462 g/mol. The van der Waals surface area contributed by atoms with E-state index >= 15 is 0 Å². The molecule has 0 N–H and O–H groups in total. The SMILES string of the molecule is O=C(CCS(=O)(=O)c1ccc2c(c1)CCC2)N1CCN(S(=O)(=O)c2ccccc2)CC1. The molecule has 0 saturated carbocycles. The maximum atomic E-state index is 12.7. The van der Waals surface area contributed by atoms with Crippen LogP contribution in [0.1, 0.15) is 24.0 Å². The molecule has 2 aromatic carbocycles. The quantitative estimate of drug-likeness (QED) is 0.654. The lowest BCUT2D eigenvalue weighted by Gasteiger charge is -2.34. The Balaban J connectivity index is 1.33. The lowest BCUT2D eigenvalue weighted by molar-refractivity contribution is -0.131. The Morgan fingerprint density at radius 1 is 0.806 bits per heavy atom. The number of rotatable bonds is 6. The highest BCUT2D eigenvalue weighted by atomic mass is 32.2. The minimum Gasteiger partial charge on any atom is -0.340 e. The van der Waals surface area contributed by atoms with Crippen molar-refractivity contribution in [1.82, 2.24) is 9.21 Å². The fourth-order valence-electron chi connectivity index (χ4n) is 4.16. The van der Waals surface area contributed by atoms with Crippen molar-refractivity contribution < 1.29 is 21.6 Å². The largest absolute Gasteiger partial charge is 0.340 e. The summed E-state index contributed by atoms with van der Waals surface area (Å²) in [5.41, 5.74) is 2.29. The Morgan fingerprint density at radius 2 is 1.48 bits per heavy atom. The third-order valence-corrected chi connectivity index (χ3v) is 9.61. The summed E-state index contributed by atoms with van der Waals surface area (Å²) in [6.07, 6.45) is 2.82. The van der Waals surface area contributed by atoms with Gasteiger partial charge in [0.05, 0.1) is 15.5 Å². The van der Waals surface area contributed by atoms with E-state index < -0.39 is 19.9 Å². The summed E-state index contributed by atoms with van der Waals surface area (Å²) < 4.78 is 52.2. The van der Waals surface area contributed by atoms with Gasteiger partial charge in [0.25, 0.3) is 0 Å². The van der Waals surface area contributed by atoms with Crippen LogP contribution >= 0.6 is 0 Å². The van der Waals surface area contributed by atoms with Crippen LogP contribution in [0.4, 0.5) is 0 Å². The minimum absolute atomic E-state index is 0.106. The molecule has 0 aromatic heterocycles. The molecule has 1 aliphatic heterocycles. The fourth-order valence-corrected chi connectivity index (χ4v) is 6.88. The van der Waals surface area contributed by atoms with Crippen LogP contribution in [-0.4, -0.2) is 63.9 Å². The second-order valence-corrected chi connectivity index (χ2v) is 12.0. The van der Waals surface area contributed by atoms with E-state index in [1.165, 1.54) is 9.87 Å². The van der Waals surface area contributed by atoms with Gasteiger partial charge in [-0.15, -0.1) is 0 Å². The van der Waals surface area contributed by atoms with E-state index in [1.807, 2.05) is 6.07 Å². The predicted molar refractivity (Wildman–Crippen MR) is 117 cm³/mol. The molecule has 9 heteroatoms. The number of benzene rings is 2. The number of hydrogen-bond acceptors (Lipinski definition) is 5. The second-order valence-electron chi connectivity index (χ2n) is 7.95. The number of sulfone groups is 1. The summed E-state index contributed by atoms with van der Waals surface area (Å²) >= 11 is 0. The Hall–Kier alpha value is -2.23. The van der Waals surface area contributed by atoms with Crippen molar-refractivity contribution in [1.29, 1.82) is 0 Å². The summed E-state index contributed by atoms with van der Waals surface area (Å²) in [7, 11) is -7.13. The topological polar surface area (TPSA) is 91.8 Å². The molecule has 0 radical (unpaired) electrons. The molecule has 0 spiro atoms. The van der Waals surface area contributed by atoms with Crippen LogP contribution in [0.2, 0.25) is 0 Å². The van der Waals surface area contributed by atoms with Crippen LogP contribution < -0.4 is 0 Å². The lowest BCUT2D eigenvalue weighted by atomic mass is 10.1. The zero-order valence-corrected chi connectivity index (χ0v) is 18.9. The highest BCUT2D eigenvalue weighted by Gasteiger charge is 2.30. The third kappa shape index (κ3) is 4.68. The van der Waals surface area contributed by atoms with Gasteiger partial charge in [0.15, 0.2) is 9.84 Å². The van der Waals surface area contributed by atoms with Crippen molar-refractivity contribution in [2.75, 3.05) is 31.9 Å². The van der Waals surface area contributed by atoms with Gasteiger partial charge in [-0.2, -0.15) is 4.31 Å². The number of hydrogen-bond donors (Lipinski definition) is 0. The van der Waals surface area contributed by atoms with Crippen molar-refractivity contribution in [3.63, 3.8) is 0 Å². The molecule has 31 heavy (non-hydrogen) atoms. The molecule has 166 valence electrons. The number of amides is 1. The number of carbonyl (C=O) groups excluding carboxylic acids is 1.